The first kappa shape index (κ1) is 15.5. The van der Waals surface area contributed by atoms with Crippen molar-refractivity contribution in [3.05, 3.63) is 27.7 Å². The lowest BCUT2D eigenvalue weighted by Gasteiger charge is -2.11. The first-order valence-electron chi connectivity index (χ1n) is 4.86. The Morgan fingerprint density at radius 2 is 1.79 bits per heavy atom. The minimum Gasteiger partial charge on any atom is -0.478 e. The van der Waals surface area contributed by atoms with Gasteiger partial charge in [0.05, 0.1) is 27.8 Å². The maximum atomic E-state index is 11.9. The topological polar surface area (TPSA) is 78.4 Å². The molecule has 0 spiro atoms. The molecule has 3 N–H and O–H groups in total. The molecule has 0 bridgehead atoms. The van der Waals surface area contributed by atoms with Crippen LogP contribution in [0.1, 0.15) is 10.4 Å². The Balaban J connectivity index is 2.84. The molecule has 1 aromatic carbocycles. The number of hydrogen-bond acceptors (Lipinski definition) is 2. The summed E-state index contributed by atoms with van der Waals surface area (Å²) in [7, 11) is 0. The predicted molar refractivity (Wildman–Crippen MR) is 66.4 cm³/mol. The summed E-state index contributed by atoms with van der Waals surface area (Å²) in [5, 5.41) is 12.6. The highest BCUT2D eigenvalue weighted by Crippen LogP contribution is 2.31. The van der Waals surface area contributed by atoms with E-state index in [0.29, 0.717) is 0 Å². The number of carboxylic acids is 1. The minimum atomic E-state index is -2.69. The fourth-order valence-electron chi connectivity index (χ4n) is 1.14. The number of rotatable bonds is 4. The first-order valence-corrected chi connectivity index (χ1v) is 5.62. The third-order valence-electron chi connectivity index (χ3n) is 1.94. The van der Waals surface area contributed by atoms with Gasteiger partial charge in [0.15, 0.2) is 0 Å². The molecule has 0 aliphatic carbocycles. The molecule has 0 aliphatic heterocycles. The Morgan fingerprint density at radius 1 is 1.26 bits per heavy atom. The molecule has 104 valence electrons. The Kier molecular flexibility index (Phi) is 5.31. The molecule has 1 rings (SSSR count). The second-order valence-corrected chi connectivity index (χ2v) is 4.16. The molecule has 5 nitrogen and oxygen atoms in total. The predicted octanol–water partition coefficient (Wildman–Crippen LogP) is 3.08. The van der Waals surface area contributed by atoms with Crippen LogP contribution in [-0.4, -0.2) is 30.1 Å². The molecule has 9 heteroatoms. The quantitative estimate of drug-likeness (QED) is 0.799. The molecule has 0 radical (unpaired) electrons. The van der Waals surface area contributed by atoms with E-state index in [0.717, 1.165) is 12.1 Å². The lowest BCUT2D eigenvalue weighted by Crippen LogP contribution is -2.32. The van der Waals surface area contributed by atoms with Crippen molar-refractivity contribution in [2.24, 2.45) is 0 Å². The van der Waals surface area contributed by atoms with Crippen LogP contribution in [0.25, 0.3) is 0 Å². The van der Waals surface area contributed by atoms with Crippen LogP contribution in [0.5, 0.6) is 0 Å². The van der Waals surface area contributed by atoms with Gasteiger partial charge in [0.1, 0.15) is 0 Å². The van der Waals surface area contributed by atoms with Crippen molar-refractivity contribution >= 4 is 40.9 Å². The zero-order valence-electron chi connectivity index (χ0n) is 9.21. The number of anilines is 1. The normalized spacial score (nSPS) is 10.4. The maximum Gasteiger partial charge on any atom is 0.335 e. The van der Waals surface area contributed by atoms with Crippen LogP contribution >= 0.6 is 23.2 Å². The van der Waals surface area contributed by atoms with Gasteiger partial charge in [0, 0.05) is 0 Å². The molecular formula is C10H8Cl2F2N2O3. The van der Waals surface area contributed by atoms with Gasteiger partial charge in [-0.3, -0.25) is 0 Å². The Bertz CT molecular complexity index is 489. The van der Waals surface area contributed by atoms with Gasteiger partial charge in [0.25, 0.3) is 6.43 Å². The maximum absolute atomic E-state index is 11.9. The molecule has 0 saturated heterocycles. The van der Waals surface area contributed by atoms with Crippen LogP contribution in [0.15, 0.2) is 12.1 Å². The molecular weight excluding hydrogens is 305 g/mol. The molecule has 1 aromatic rings. The SMILES string of the molecule is O=C(NCC(F)F)Nc1c(Cl)cc(C(=O)O)cc1Cl. The molecule has 0 unspecified atom stereocenters. The molecule has 0 atom stereocenters. The first-order chi connectivity index (χ1) is 8.81. The van der Waals surface area contributed by atoms with Gasteiger partial charge >= 0.3 is 12.0 Å². The van der Waals surface area contributed by atoms with Crippen molar-refractivity contribution in [1.82, 2.24) is 5.32 Å². The highest BCUT2D eigenvalue weighted by atomic mass is 35.5. The zero-order valence-corrected chi connectivity index (χ0v) is 10.7. The van der Waals surface area contributed by atoms with E-state index in [2.05, 4.69) is 5.32 Å². The highest BCUT2D eigenvalue weighted by molar-refractivity contribution is 6.40. The summed E-state index contributed by atoms with van der Waals surface area (Å²) in [6.07, 6.45) is -2.69. The number of carbonyl (C=O) groups is 2. The number of hydrogen-bond donors (Lipinski definition) is 3. The van der Waals surface area contributed by atoms with Crippen LogP contribution in [0.3, 0.4) is 0 Å². The van der Waals surface area contributed by atoms with Crippen LogP contribution in [0.4, 0.5) is 19.3 Å². The number of carboxylic acid groups (broad SMARTS) is 1. The van der Waals surface area contributed by atoms with Crippen molar-refractivity contribution in [1.29, 1.82) is 0 Å². The number of halogens is 4. The lowest BCUT2D eigenvalue weighted by molar-refractivity contribution is 0.0697. The summed E-state index contributed by atoms with van der Waals surface area (Å²) >= 11 is 11.5. The number of amides is 2. The van der Waals surface area contributed by atoms with Crippen molar-refractivity contribution < 1.29 is 23.5 Å². The molecule has 0 saturated carbocycles. The van der Waals surface area contributed by atoms with Crippen LogP contribution in [0, 0.1) is 0 Å². The Labute approximate surface area is 116 Å². The van der Waals surface area contributed by atoms with E-state index in [9.17, 15) is 18.4 Å². The van der Waals surface area contributed by atoms with E-state index in [4.69, 9.17) is 28.3 Å². The Hall–Kier alpha value is -1.60. The largest absolute Gasteiger partial charge is 0.478 e. The van der Waals surface area contributed by atoms with Gasteiger partial charge in [-0.1, -0.05) is 23.2 Å². The number of urea groups is 1. The van der Waals surface area contributed by atoms with E-state index in [1.54, 1.807) is 0 Å². The van der Waals surface area contributed by atoms with Crippen LogP contribution < -0.4 is 10.6 Å². The molecule has 0 aliphatic rings. The molecule has 0 heterocycles. The van der Waals surface area contributed by atoms with Crippen LogP contribution in [0.2, 0.25) is 10.0 Å². The second-order valence-electron chi connectivity index (χ2n) is 3.35. The third-order valence-corrected chi connectivity index (χ3v) is 2.54. The zero-order chi connectivity index (χ0) is 14.6. The summed E-state index contributed by atoms with van der Waals surface area (Å²) < 4.78 is 23.7. The standard InChI is InChI=1S/C10H8Cl2F2N2O3/c11-5-1-4(9(17)18)2-6(12)8(5)16-10(19)15-3-7(13)14/h1-2,7H,3H2,(H,17,18)(H2,15,16,19). The monoisotopic (exact) mass is 312 g/mol. The number of carbonyl (C=O) groups excluding carboxylic acids is 1. The van der Waals surface area contributed by atoms with Crippen molar-refractivity contribution in [2.75, 3.05) is 11.9 Å². The van der Waals surface area contributed by atoms with E-state index in [-0.39, 0.29) is 21.3 Å². The van der Waals surface area contributed by atoms with Gasteiger partial charge in [0.2, 0.25) is 0 Å². The smallest absolute Gasteiger partial charge is 0.335 e. The number of benzene rings is 1. The van der Waals surface area contributed by atoms with Crippen molar-refractivity contribution in [3.8, 4) is 0 Å². The minimum absolute atomic E-state index is 0.0555. The number of nitrogens with one attached hydrogen (secondary N) is 2. The number of alkyl halides is 2. The average Bonchev–Trinajstić information content (AvgIpc) is 2.30. The van der Waals surface area contributed by atoms with E-state index in [1.165, 1.54) is 0 Å². The summed E-state index contributed by atoms with van der Waals surface area (Å²) in [6.45, 7) is -0.825. The summed E-state index contributed by atoms with van der Waals surface area (Å²) in [6, 6.07) is 1.24. The van der Waals surface area contributed by atoms with Gasteiger partial charge < -0.3 is 15.7 Å². The van der Waals surface area contributed by atoms with Crippen molar-refractivity contribution in [3.63, 3.8) is 0 Å². The van der Waals surface area contributed by atoms with Crippen molar-refractivity contribution in [2.45, 2.75) is 6.43 Å². The molecule has 2 amide bonds. The van der Waals surface area contributed by atoms with Gasteiger partial charge in [-0.05, 0) is 12.1 Å². The summed E-state index contributed by atoms with van der Waals surface area (Å²) in [4.78, 5) is 22.0. The third kappa shape index (κ3) is 4.53. The number of aromatic carboxylic acids is 1. The Morgan fingerprint density at radius 3 is 2.21 bits per heavy atom. The van der Waals surface area contributed by atoms with E-state index in [1.807, 2.05) is 5.32 Å². The fourth-order valence-corrected chi connectivity index (χ4v) is 1.73. The highest BCUT2D eigenvalue weighted by Gasteiger charge is 2.15. The summed E-state index contributed by atoms with van der Waals surface area (Å²) in [5.74, 6) is -1.24. The van der Waals surface area contributed by atoms with Gasteiger partial charge in [-0.25, -0.2) is 18.4 Å². The summed E-state index contributed by atoms with van der Waals surface area (Å²) in [5.41, 5.74) is -0.214. The van der Waals surface area contributed by atoms with E-state index < -0.39 is 25.0 Å². The van der Waals surface area contributed by atoms with Gasteiger partial charge in [-0.2, -0.15) is 0 Å². The lowest BCUT2D eigenvalue weighted by atomic mass is 10.2. The molecule has 19 heavy (non-hydrogen) atoms. The second kappa shape index (κ2) is 6.53. The molecule has 0 fully saturated rings. The van der Waals surface area contributed by atoms with E-state index >= 15 is 0 Å². The van der Waals surface area contributed by atoms with Gasteiger partial charge in [-0.15, -0.1) is 0 Å². The van der Waals surface area contributed by atoms with Crippen LogP contribution in [-0.2, 0) is 0 Å². The average molecular weight is 313 g/mol. The molecule has 0 aromatic heterocycles. The fraction of sp³-hybridized carbons (Fsp3) is 0.200.